The third kappa shape index (κ3) is 3.58. The van der Waals surface area contributed by atoms with E-state index >= 15 is 0 Å². The third-order valence-corrected chi connectivity index (χ3v) is 5.64. The van der Waals surface area contributed by atoms with Crippen molar-refractivity contribution in [1.29, 1.82) is 0 Å². The van der Waals surface area contributed by atoms with Gasteiger partial charge in [-0.05, 0) is 23.1 Å². The highest BCUT2D eigenvalue weighted by Gasteiger charge is 2.46. The molecule has 27 heavy (non-hydrogen) atoms. The van der Waals surface area contributed by atoms with Crippen molar-refractivity contribution in [1.82, 2.24) is 10.2 Å². The van der Waals surface area contributed by atoms with Gasteiger partial charge in [0.05, 0.1) is 18.0 Å². The average molecular weight is 374 g/mol. The molecule has 4 rings (SSSR count). The van der Waals surface area contributed by atoms with Gasteiger partial charge in [0, 0.05) is 25.6 Å². The van der Waals surface area contributed by atoms with Crippen molar-refractivity contribution in [2.24, 2.45) is 11.8 Å². The number of alkyl halides is 3. The van der Waals surface area contributed by atoms with Gasteiger partial charge in [-0.2, -0.15) is 13.2 Å². The average Bonchev–Trinajstić information content (AvgIpc) is 3.23. The Morgan fingerprint density at radius 3 is 2.59 bits per heavy atom. The quantitative estimate of drug-likeness (QED) is 0.889. The first-order chi connectivity index (χ1) is 12.9. The summed E-state index contributed by atoms with van der Waals surface area (Å²) >= 11 is 0. The van der Waals surface area contributed by atoms with Crippen LogP contribution < -0.4 is 5.32 Å². The molecule has 0 saturated carbocycles. The Balaban J connectivity index is 1.57. The van der Waals surface area contributed by atoms with E-state index < -0.39 is 11.7 Å². The highest BCUT2D eigenvalue weighted by Crippen LogP contribution is 2.42. The molecule has 0 spiro atoms. The maximum Gasteiger partial charge on any atom is 0.416 e. The molecule has 2 aliphatic heterocycles. The number of benzene rings is 2. The van der Waals surface area contributed by atoms with E-state index in [9.17, 15) is 18.0 Å². The largest absolute Gasteiger partial charge is 0.416 e. The number of fused-ring (bicyclic) bond motifs is 1. The fraction of sp³-hybridized carbons (Fsp3) is 0.381. The van der Waals surface area contributed by atoms with Crippen molar-refractivity contribution in [2.45, 2.75) is 18.6 Å². The van der Waals surface area contributed by atoms with Gasteiger partial charge in [0.1, 0.15) is 0 Å². The second kappa shape index (κ2) is 7.00. The molecule has 0 radical (unpaired) electrons. The normalized spacial score (nSPS) is 24.9. The summed E-state index contributed by atoms with van der Waals surface area (Å²) in [5.74, 6) is 0.621. The van der Waals surface area contributed by atoms with Crippen LogP contribution in [0.5, 0.6) is 0 Å². The van der Waals surface area contributed by atoms with Crippen LogP contribution >= 0.6 is 0 Å². The second-order valence-electron chi connectivity index (χ2n) is 7.36. The molecule has 2 saturated heterocycles. The van der Waals surface area contributed by atoms with Crippen LogP contribution in [0.1, 0.15) is 22.7 Å². The lowest BCUT2D eigenvalue weighted by Gasteiger charge is -2.28. The zero-order valence-electron chi connectivity index (χ0n) is 14.7. The van der Waals surface area contributed by atoms with Crippen LogP contribution in [-0.4, -0.2) is 30.4 Å². The molecule has 2 aromatic rings. The zero-order valence-corrected chi connectivity index (χ0v) is 14.7. The molecule has 0 aliphatic carbocycles. The van der Waals surface area contributed by atoms with Crippen molar-refractivity contribution in [2.75, 3.05) is 19.6 Å². The number of nitrogens with one attached hydrogen (secondary N) is 1. The summed E-state index contributed by atoms with van der Waals surface area (Å²) < 4.78 is 38.8. The highest BCUT2D eigenvalue weighted by molar-refractivity contribution is 5.80. The molecule has 3 atom stereocenters. The van der Waals surface area contributed by atoms with E-state index in [0.717, 1.165) is 30.8 Å². The number of likely N-dealkylation sites (tertiary alicyclic amines) is 1. The van der Waals surface area contributed by atoms with Crippen molar-refractivity contribution < 1.29 is 18.0 Å². The Kier molecular flexibility index (Phi) is 4.68. The lowest BCUT2D eigenvalue weighted by molar-refractivity contribution is -0.138. The highest BCUT2D eigenvalue weighted by atomic mass is 19.4. The van der Waals surface area contributed by atoms with Crippen molar-refractivity contribution in [3.05, 3.63) is 71.3 Å². The van der Waals surface area contributed by atoms with Gasteiger partial charge in [-0.25, -0.2) is 0 Å². The van der Waals surface area contributed by atoms with E-state index in [4.69, 9.17) is 0 Å². The monoisotopic (exact) mass is 374 g/mol. The Morgan fingerprint density at radius 1 is 1.07 bits per heavy atom. The lowest BCUT2D eigenvalue weighted by atomic mass is 9.89. The van der Waals surface area contributed by atoms with Gasteiger partial charge in [0.15, 0.2) is 0 Å². The summed E-state index contributed by atoms with van der Waals surface area (Å²) in [6, 6.07) is 14.9. The molecule has 2 heterocycles. The van der Waals surface area contributed by atoms with E-state index in [1.54, 1.807) is 6.07 Å². The maximum atomic E-state index is 13.0. The lowest BCUT2D eigenvalue weighted by Crippen LogP contribution is -2.35. The Hall–Kier alpha value is -2.34. The molecule has 2 fully saturated rings. The first-order valence-electron chi connectivity index (χ1n) is 9.15. The smallest absolute Gasteiger partial charge is 0.335 e. The zero-order chi connectivity index (χ0) is 19.0. The van der Waals surface area contributed by atoms with E-state index in [0.29, 0.717) is 23.9 Å². The van der Waals surface area contributed by atoms with Crippen LogP contribution in [-0.2, 0) is 17.4 Å². The van der Waals surface area contributed by atoms with Crippen LogP contribution in [0.4, 0.5) is 13.2 Å². The SMILES string of the molecule is O=C(Cc1cccc(C(F)(F)F)c1)N1C[C@@H]2CNC[C@@H]2[C@H]1c1ccccc1. The first-order valence-corrected chi connectivity index (χ1v) is 9.15. The fourth-order valence-electron chi connectivity index (χ4n) is 4.39. The summed E-state index contributed by atoms with van der Waals surface area (Å²) in [6.45, 7) is 2.38. The third-order valence-electron chi connectivity index (χ3n) is 5.64. The van der Waals surface area contributed by atoms with Crippen LogP contribution in [0.25, 0.3) is 0 Å². The minimum Gasteiger partial charge on any atom is -0.335 e. The molecule has 1 N–H and O–H groups in total. The number of hydrogen-bond donors (Lipinski definition) is 1. The van der Waals surface area contributed by atoms with Crippen LogP contribution in [0.15, 0.2) is 54.6 Å². The number of carbonyl (C=O) groups excluding carboxylic acids is 1. The Morgan fingerprint density at radius 2 is 1.85 bits per heavy atom. The van der Waals surface area contributed by atoms with Gasteiger partial charge < -0.3 is 10.2 Å². The van der Waals surface area contributed by atoms with E-state index in [1.807, 2.05) is 35.2 Å². The molecular formula is C21H21F3N2O. The fourth-order valence-corrected chi connectivity index (χ4v) is 4.39. The van der Waals surface area contributed by atoms with Crippen molar-refractivity contribution >= 4 is 5.91 Å². The van der Waals surface area contributed by atoms with Gasteiger partial charge in [0.2, 0.25) is 5.91 Å². The Labute approximate surface area is 156 Å². The number of amides is 1. The summed E-state index contributed by atoms with van der Waals surface area (Å²) in [5, 5.41) is 3.39. The minimum absolute atomic E-state index is 0.0138. The van der Waals surface area contributed by atoms with E-state index in [2.05, 4.69) is 5.32 Å². The molecule has 6 heteroatoms. The molecule has 1 amide bonds. The van der Waals surface area contributed by atoms with Crippen molar-refractivity contribution in [3.63, 3.8) is 0 Å². The minimum atomic E-state index is -4.40. The number of halogens is 3. The molecule has 142 valence electrons. The first kappa shape index (κ1) is 18.0. The standard InChI is InChI=1S/C21H21F3N2O/c22-21(23,24)17-8-4-5-14(9-17)10-19(27)26-13-16-11-25-12-18(16)20(26)15-6-2-1-3-7-15/h1-9,16,18,20,25H,10-13H2/t16-,18-,20+/m0/s1. The van der Waals surface area contributed by atoms with E-state index in [-0.39, 0.29) is 18.4 Å². The van der Waals surface area contributed by atoms with E-state index in [1.165, 1.54) is 6.07 Å². The summed E-state index contributed by atoms with van der Waals surface area (Å²) in [5.41, 5.74) is 0.776. The van der Waals surface area contributed by atoms with Gasteiger partial charge in [-0.1, -0.05) is 48.5 Å². The predicted octanol–water partition coefficient (Wildman–Crippen LogP) is 3.67. The summed E-state index contributed by atoms with van der Waals surface area (Å²) in [6.07, 6.45) is -4.41. The number of nitrogens with zero attached hydrogens (tertiary/aromatic N) is 1. The summed E-state index contributed by atoms with van der Waals surface area (Å²) in [4.78, 5) is 14.9. The topological polar surface area (TPSA) is 32.3 Å². The van der Waals surface area contributed by atoms with Crippen LogP contribution in [0.3, 0.4) is 0 Å². The molecule has 0 bridgehead atoms. The maximum absolute atomic E-state index is 13.0. The number of rotatable bonds is 3. The van der Waals surface area contributed by atoms with Gasteiger partial charge in [-0.3, -0.25) is 4.79 Å². The molecule has 3 nitrogen and oxygen atoms in total. The molecule has 2 aliphatic rings. The van der Waals surface area contributed by atoms with Gasteiger partial charge in [0.25, 0.3) is 0 Å². The Bertz CT molecular complexity index is 822. The molecule has 2 aromatic carbocycles. The predicted molar refractivity (Wildman–Crippen MR) is 95.9 cm³/mol. The second-order valence-corrected chi connectivity index (χ2v) is 7.36. The molecule has 0 unspecified atom stereocenters. The molecular weight excluding hydrogens is 353 g/mol. The van der Waals surface area contributed by atoms with Gasteiger partial charge in [-0.15, -0.1) is 0 Å². The van der Waals surface area contributed by atoms with Crippen molar-refractivity contribution in [3.8, 4) is 0 Å². The number of hydrogen-bond acceptors (Lipinski definition) is 2. The molecule has 0 aromatic heterocycles. The van der Waals surface area contributed by atoms with Crippen LogP contribution in [0.2, 0.25) is 0 Å². The van der Waals surface area contributed by atoms with Crippen LogP contribution in [0, 0.1) is 11.8 Å². The number of carbonyl (C=O) groups is 1. The summed E-state index contributed by atoms with van der Waals surface area (Å²) in [7, 11) is 0. The van der Waals surface area contributed by atoms with Gasteiger partial charge >= 0.3 is 6.18 Å².